The Hall–Kier alpha value is -2.22. The van der Waals surface area contributed by atoms with E-state index in [-0.39, 0.29) is 35.4 Å². The summed E-state index contributed by atoms with van der Waals surface area (Å²) in [6.45, 7) is 5.69. The first kappa shape index (κ1) is 24.9. The van der Waals surface area contributed by atoms with Gasteiger partial charge in [-0.25, -0.2) is 13.8 Å². The van der Waals surface area contributed by atoms with Crippen LogP contribution in [0.15, 0.2) is 24.4 Å². The molecule has 1 aliphatic rings. The maximum absolute atomic E-state index is 14.0. The van der Waals surface area contributed by atoms with Crippen LogP contribution in [0.1, 0.15) is 58.2 Å². The number of fused-ring (bicyclic) bond motifs is 1. The SMILES string of the molecule is Cc1cc(C(C)(F)F)cn2c(C)c(Cc3c(Cl)ccc(C(=O)N4CCC(CO)CC4)c3Cl)nc12. The number of aryl methyl sites for hydroxylation is 2. The maximum atomic E-state index is 14.0. The maximum Gasteiger partial charge on any atom is 0.271 e. The molecular formula is C25H27Cl2F2N3O2. The van der Waals surface area contributed by atoms with Crippen molar-refractivity contribution in [3.05, 3.63) is 68.1 Å². The van der Waals surface area contributed by atoms with E-state index in [1.54, 1.807) is 28.4 Å². The van der Waals surface area contributed by atoms with E-state index in [1.165, 1.54) is 12.3 Å². The van der Waals surface area contributed by atoms with Gasteiger partial charge in [0, 0.05) is 55.5 Å². The zero-order valence-electron chi connectivity index (χ0n) is 19.3. The number of imidazole rings is 1. The van der Waals surface area contributed by atoms with Crippen molar-refractivity contribution >= 4 is 34.8 Å². The number of alkyl halides is 2. The van der Waals surface area contributed by atoms with Gasteiger partial charge in [0.15, 0.2) is 0 Å². The van der Waals surface area contributed by atoms with Gasteiger partial charge in [-0.2, -0.15) is 0 Å². The largest absolute Gasteiger partial charge is 0.396 e. The molecule has 1 aliphatic heterocycles. The fraction of sp³-hybridized carbons (Fsp3) is 0.440. The molecular weight excluding hydrogens is 483 g/mol. The molecule has 0 atom stereocenters. The van der Waals surface area contributed by atoms with Crippen LogP contribution in [0, 0.1) is 19.8 Å². The standard InChI is InChI=1S/C25H27Cl2F2N3O2/c1-14-10-17(25(3,28)29)12-32-15(2)21(30-23(14)32)11-19-20(26)5-4-18(22(19)27)24(34)31-8-6-16(13-33)7-9-31/h4-5,10,12,16,33H,6-9,11,13H2,1-3H3. The molecule has 5 nitrogen and oxygen atoms in total. The molecule has 3 aromatic rings. The van der Waals surface area contributed by atoms with Crippen LogP contribution in [0.4, 0.5) is 8.78 Å². The molecule has 3 heterocycles. The summed E-state index contributed by atoms with van der Waals surface area (Å²) >= 11 is 13.2. The van der Waals surface area contributed by atoms with Crippen molar-refractivity contribution in [3.63, 3.8) is 0 Å². The smallest absolute Gasteiger partial charge is 0.271 e. The fourth-order valence-corrected chi connectivity index (χ4v) is 5.04. The van der Waals surface area contributed by atoms with Crippen LogP contribution in [-0.4, -0.2) is 45.0 Å². The number of halogens is 4. The number of hydrogen-bond donors (Lipinski definition) is 1. The minimum Gasteiger partial charge on any atom is -0.396 e. The van der Waals surface area contributed by atoms with Gasteiger partial charge in [0.1, 0.15) is 5.65 Å². The normalized spacial score (nSPS) is 15.4. The summed E-state index contributed by atoms with van der Waals surface area (Å²) in [6, 6.07) is 4.73. The van der Waals surface area contributed by atoms with Crippen LogP contribution in [0.25, 0.3) is 5.65 Å². The number of amides is 1. The molecule has 1 N–H and O–H groups in total. The Balaban J connectivity index is 1.68. The molecule has 4 rings (SSSR count). The second kappa shape index (κ2) is 9.44. The average Bonchev–Trinajstić information content (AvgIpc) is 3.12. The number of carbonyl (C=O) groups is 1. The van der Waals surface area contributed by atoms with Gasteiger partial charge in [0.2, 0.25) is 0 Å². The molecule has 1 saturated heterocycles. The van der Waals surface area contributed by atoms with Gasteiger partial charge in [0.25, 0.3) is 11.8 Å². The highest BCUT2D eigenvalue weighted by Gasteiger charge is 2.28. The van der Waals surface area contributed by atoms with E-state index >= 15 is 0 Å². The second-order valence-electron chi connectivity index (χ2n) is 9.12. The van der Waals surface area contributed by atoms with Gasteiger partial charge in [-0.15, -0.1) is 0 Å². The number of likely N-dealkylation sites (tertiary alicyclic amines) is 1. The Bertz CT molecular complexity index is 1250. The van der Waals surface area contributed by atoms with Crippen molar-refractivity contribution in [2.45, 2.75) is 46.0 Å². The Labute approximate surface area is 207 Å². The summed E-state index contributed by atoms with van der Waals surface area (Å²) in [4.78, 5) is 19.6. The third-order valence-electron chi connectivity index (χ3n) is 6.67. The Kier molecular flexibility index (Phi) is 6.91. The number of benzene rings is 1. The number of aliphatic hydroxyl groups excluding tert-OH is 1. The quantitative estimate of drug-likeness (QED) is 0.472. The lowest BCUT2D eigenvalue weighted by Gasteiger charge is -2.31. The number of pyridine rings is 1. The molecule has 0 radical (unpaired) electrons. The predicted molar refractivity (Wildman–Crippen MR) is 129 cm³/mol. The number of carbonyl (C=O) groups excluding carboxylic acids is 1. The van der Waals surface area contributed by atoms with E-state index in [1.807, 2.05) is 6.92 Å². The summed E-state index contributed by atoms with van der Waals surface area (Å²) in [5.41, 5.74) is 3.44. The van der Waals surface area contributed by atoms with Gasteiger partial charge in [-0.1, -0.05) is 23.2 Å². The number of rotatable bonds is 5. The van der Waals surface area contributed by atoms with E-state index in [2.05, 4.69) is 4.98 Å². The minimum absolute atomic E-state index is 0.0850. The van der Waals surface area contributed by atoms with Crippen molar-refractivity contribution in [2.24, 2.45) is 5.92 Å². The molecule has 182 valence electrons. The molecule has 1 amide bonds. The minimum atomic E-state index is -2.97. The summed E-state index contributed by atoms with van der Waals surface area (Å²) in [6.07, 6.45) is 3.17. The first-order valence-corrected chi connectivity index (χ1v) is 12.0. The molecule has 0 aliphatic carbocycles. The van der Waals surface area contributed by atoms with E-state index in [0.29, 0.717) is 51.8 Å². The van der Waals surface area contributed by atoms with Crippen LogP contribution in [0.3, 0.4) is 0 Å². The number of aromatic nitrogens is 2. The Morgan fingerprint density at radius 2 is 1.91 bits per heavy atom. The number of hydrogen-bond acceptors (Lipinski definition) is 3. The second-order valence-corrected chi connectivity index (χ2v) is 9.91. The van der Waals surface area contributed by atoms with Crippen LogP contribution >= 0.6 is 23.2 Å². The lowest BCUT2D eigenvalue weighted by Crippen LogP contribution is -2.39. The summed E-state index contributed by atoms with van der Waals surface area (Å²) < 4.78 is 29.6. The number of piperidine rings is 1. The zero-order valence-corrected chi connectivity index (χ0v) is 20.9. The van der Waals surface area contributed by atoms with Crippen molar-refractivity contribution in [3.8, 4) is 0 Å². The van der Waals surface area contributed by atoms with Crippen molar-refractivity contribution in [1.82, 2.24) is 14.3 Å². The van der Waals surface area contributed by atoms with E-state index in [0.717, 1.165) is 19.8 Å². The monoisotopic (exact) mass is 509 g/mol. The highest BCUT2D eigenvalue weighted by molar-refractivity contribution is 6.38. The molecule has 0 unspecified atom stereocenters. The van der Waals surface area contributed by atoms with E-state index in [9.17, 15) is 18.7 Å². The summed E-state index contributed by atoms with van der Waals surface area (Å²) in [5.74, 6) is -2.92. The highest BCUT2D eigenvalue weighted by atomic mass is 35.5. The molecule has 0 spiro atoms. The van der Waals surface area contributed by atoms with Gasteiger partial charge in [-0.3, -0.25) is 4.79 Å². The van der Waals surface area contributed by atoms with Crippen LogP contribution in [0.2, 0.25) is 10.0 Å². The van der Waals surface area contributed by atoms with Gasteiger partial charge in [0.05, 0.1) is 16.3 Å². The molecule has 1 fully saturated rings. The summed E-state index contributed by atoms with van der Waals surface area (Å²) in [7, 11) is 0. The molecule has 2 aromatic heterocycles. The van der Waals surface area contributed by atoms with Crippen molar-refractivity contribution < 1.29 is 18.7 Å². The average molecular weight is 510 g/mol. The molecule has 0 saturated carbocycles. The highest BCUT2D eigenvalue weighted by Crippen LogP contribution is 2.34. The third kappa shape index (κ3) is 4.66. The molecule has 1 aromatic carbocycles. The first-order valence-electron chi connectivity index (χ1n) is 11.2. The van der Waals surface area contributed by atoms with Crippen LogP contribution < -0.4 is 0 Å². The molecule has 34 heavy (non-hydrogen) atoms. The van der Waals surface area contributed by atoms with Crippen molar-refractivity contribution in [1.29, 1.82) is 0 Å². The predicted octanol–water partition coefficient (Wildman–Crippen LogP) is 5.80. The van der Waals surface area contributed by atoms with Gasteiger partial charge >= 0.3 is 0 Å². The first-order chi connectivity index (χ1) is 16.0. The molecule has 0 bridgehead atoms. The van der Waals surface area contributed by atoms with E-state index in [4.69, 9.17) is 23.2 Å². The molecule has 9 heteroatoms. The van der Waals surface area contributed by atoms with Crippen LogP contribution in [-0.2, 0) is 12.3 Å². The van der Waals surface area contributed by atoms with Gasteiger partial charge < -0.3 is 14.4 Å². The van der Waals surface area contributed by atoms with Gasteiger partial charge in [-0.05, 0) is 61.9 Å². The number of nitrogens with zero attached hydrogens (tertiary/aromatic N) is 3. The Morgan fingerprint density at radius 3 is 2.53 bits per heavy atom. The summed E-state index contributed by atoms with van der Waals surface area (Å²) in [5, 5.41) is 10.0. The fourth-order valence-electron chi connectivity index (χ4n) is 4.46. The van der Waals surface area contributed by atoms with Crippen molar-refractivity contribution in [2.75, 3.05) is 19.7 Å². The van der Waals surface area contributed by atoms with Crippen LogP contribution in [0.5, 0.6) is 0 Å². The Morgan fingerprint density at radius 1 is 1.24 bits per heavy atom. The lowest BCUT2D eigenvalue weighted by molar-refractivity contribution is 0.0170. The number of aliphatic hydroxyl groups is 1. The lowest BCUT2D eigenvalue weighted by atomic mass is 9.97. The van der Waals surface area contributed by atoms with E-state index < -0.39 is 5.92 Å². The third-order valence-corrected chi connectivity index (χ3v) is 7.45. The zero-order chi connectivity index (χ0) is 24.8. The topological polar surface area (TPSA) is 57.8 Å².